The molecule has 0 fully saturated rings. The highest BCUT2D eigenvalue weighted by molar-refractivity contribution is 5.96. The summed E-state index contributed by atoms with van der Waals surface area (Å²) in [6, 6.07) is 3.97. The number of hydrogen-bond donors (Lipinski definition) is 1. The first-order valence-corrected chi connectivity index (χ1v) is 6.43. The van der Waals surface area contributed by atoms with Crippen LogP contribution in [0.2, 0.25) is 0 Å². The Kier molecular flexibility index (Phi) is 5.73. The predicted octanol–water partition coefficient (Wildman–Crippen LogP) is 3.54. The molecule has 0 unspecified atom stereocenters. The summed E-state index contributed by atoms with van der Waals surface area (Å²) in [5.41, 5.74) is 0.0944. The van der Waals surface area contributed by atoms with Crippen LogP contribution >= 0.6 is 0 Å². The van der Waals surface area contributed by atoms with E-state index in [9.17, 15) is 22.8 Å². The van der Waals surface area contributed by atoms with Crippen molar-refractivity contribution in [3.05, 3.63) is 41.5 Å². The monoisotopic (exact) mass is 315 g/mol. The average molecular weight is 315 g/mol. The molecule has 0 aliphatic heterocycles. The Balaban J connectivity index is 2.65. The number of ether oxygens (including phenoxy) is 1. The number of rotatable bonds is 4. The highest BCUT2D eigenvalue weighted by atomic mass is 19.4. The minimum Gasteiger partial charge on any atom is -0.449 e. The molecular weight excluding hydrogens is 299 g/mol. The van der Waals surface area contributed by atoms with Crippen LogP contribution in [0.25, 0.3) is 0 Å². The van der Waals surface area contributed by atoms with Gasteiger partial charge in [-0.05, 0) is 45.0 Å². The number of hydrogen-bond acceptors (Lipinski definition) is 3. The third-order valence-electron chi connectivity index (χ3n) is 2.55. The highest BCUT2D eigenvalue weighted by Crippen LogP contribution is 2.29. The second-order valence-electron chi connectivity index (χ2n) is 4.87. The molecule has 22 heavy (non-hydrogen) atoms. The number of benzene rings is 1. The number of anilines is 1. The smallest absolute Gasteiger partial charge is 0.416 e. The molecule has 4 nitrogen and oxygen atoms in total. The lowest BCUT2D eigenvalue weighted by Crippen LogP contribution is -2.29. The molecule has 120 valence electrons. The molecule has 0 bridgehead atoms. The van der Waals surface area contributed by atoms with Gasteiger partial charge in [-0.3, -0.25) is 4.79 Å². The largest absolute Gasteiger partial charge is 0.449 e. The van der Waals surface area contributed by atoms with Crippen LogP contribution in [0.5, 0.6) is 0 Å². The van der Waals surface area contributed by atoms with Crippen LogP contribution in [0.1, 0.15) is 26.3 Å². The first-order chi connectivity index (χ1) is 10.1. The number of carbonyl (C=O) groups is 2. The van der Waals surface area contributed by atoms with Gasteiger partial charge in [0.1, 0.15) is 0 Å². The Morgan fingerprint density at radius 2 is 1.73 bits per heavy atom. The molecule has 1 amide bonds. The van der Waals surface area contributed by atoms with Gasteiger partial charge in [0.05, 0.1) is 5.56 Å². The number of allylic oxidation sites excluding steroid dienone is 1. The molecule has 1 aromatic carbocycles. The molecule has 1 atom stereocenters. The lowest BCUT2D eigenvalue weighted by atomic mass is 10.2. The number of nitrogens with one attached hydrogen (secondary N) is 1. The zero-order valence-corrected chi connectivity index (χ0v) is 12.3. The summed E-state index contributed by atoms with van der Waals surface area (Å²) in [6.07, 6.45) is -4.26. The zero-order valence-electron chi connectivity index (χ0n) is 12.3. The van der Waals surface area contributed by atoms with E-state index in [1.165, 1.54) is 13.0 Å². The van der Waals surface area contributed by atoms with E-state index in [4.69, 9.17) is 4.74 Å². The van der Waals surface area contributed by atoms with Gasteiger partial charge in [0.2, 0.25) is 0 Å². The number of amides is 1. The van der Waals surface area contributed by atoms with Gasteiger partial charge in [-0.15, -0.1) is 0 Å². The summed E-state index contributed by atoms with van der Waals surface area (Å²) in [5, 5.41) is 2.37. The fraction of sp³-hybridized carbons (Fsp3) is 0.333. The molecule has 0 aliphatic rings. The molecule has 0 aromatic heterocycles. The number of halogens is 3. The fourth-order valence-electron chi connectivity index (χ4n) is 1.48. The zero-order chi connectivity index (χ0) is 16.9. The minimum atomic E-state index is -4.43. The molecule has 0 aliphatic carbocycles. The Morgan fingerprint density at radius 1 is 1.18 bits per heavy atom. The fourth-order valence-corrected chi connectivity index (χ4v) is 1.48. The highest BCUT2D eigenvalue weighted by Gasteiger charge is 2.30. The molecule has 7 heteroatoms. The SMILES string of the molecule is CC(C)=CC(=O)O[C@@H](C)C(=O)Nc1ccc(C(F)(F)F)cc1. The Labute approximate surface area is 126 Å². The molecule has 0 saturated heterocycles. The molecule has 0 radical (unpaired) electrons. The van der Waals surface area contributed by atoms with Crippen molar-refractivity contribution in [2.24, 2.45) is 0 Å². The summed E-state index contributed by atoms with van der Waals surface area (Å²) in [7, 11) is 0. The third-order valence-corrected chi connectivity index (χ3v) is 2.55. The number of carbonyl (C=O) groups excluding carboxylic acids is 2. The van der Waals surface area contributed by atoms with E-state index in [0.717, 1.165) is 29.8 Å². The standard InChI is InChI=1S/C15H16F3NO3/c1-9(2)8-13(20)22-10(3)14(21)19-12-6-4-11(5-7-12)15(16,17)18/h4-8,10H,1-3H3,(H,19,21)/t10-/m0/s1. The Bertz CT molecular complexity index is 573. The normalized spacial score (nSPS) is 12.3. The van der Waals surface area contributed by atoms with Gasteiger partial charge in [0.25, 0.3) is 5.91 Å². The van der Waals surface area contributed by atoms with Crippen LogP contribution in [0.15, 0.2) is 35.9 Å². The summed E-state index contributed by atoms with van der Waals surface area (Å²) in [4.78, 5) is 23.2. The second kappa shape index (κ2) is 7.11. The lowest BCUT2D eigenvalue weighted by Gasteiger charge is -2.13. The van der Waals surface area contributed by atoms with Crippen molar-refractivity contribution in [1.29, 1.82) is 0 Å². The van der Waals surface area contributed by atoms with E-state index in [1.807, 2.05) is 0 Å². The van der Waals surface area contributed by atoms with Crippen LogP contribution in [-0.4, -0.2) is 18.0 Å². The van der Waals surface area contributed by atoms with Crippen molar-refractivity contribution in [3.8, 4) is 0 Å². The Morgan fingerprint density at radius 3 is 2.18 bits per heavy atom. The molecular formula is C15H16F3NO3. The molecule has 1 N–H and O–H groups in total. The van der Waals surface area contributed by atoms with Crippen molar-refractivity contribution in [2.45, 2.75) is 33.1 Å². The van der Waals surface area contributed by atoms with E-state index in [1.54, 1.807) is 13.8 Å². The summed E-state index contributed by atoms with van der Waals surface area (Å²) < 4.78 is 42.1. The second-order valence-corrected chi connectivity index (χ2v) is 4.87. The van der Waals surface area contributed by atoms with Gasteiger partial charge in [0.15, 0.2) is 6.10 Å². The third kappa shape index (κ3) is 5.59. The van der Waals surface area contributed by atoms with E-state index in [0.29, 0.717) is 0 Å². The van der Waals surface area contributed by atoms with E-state index in [-0.39, 0.29) is 5.69 Å². The lowest BCUT2D eigenvalue weighted by molar-refractivity contribution is -0.148. The van der Waals surface area contributed by atoms with Crippen LogP contribution < -0.4 is 5.32 Å². The van der Waals surface area contributed by atoms with Crippen molar-refractivity contribution in [1.82, 2.24) is 0 Å². The van der Waals surface area contributed by atoms with Crippen LogP contribution in [0.3, 0.4) is 0 Å². The molecule has 1 rings (SSSR count). The first-order valence-electron chi connectivity index (χ1n) is 6.43. The van der Waals surface area contributed by atoms with Crippen LogP contribution in [0.4, 0.5) is 18.9 Å². The van der Waals surface area contributed by atoms with Crippen molar-refractivity contribution >= 4 is 17.6 Å². The minimum absolute atomic E-state index is 0.183. The maximum absolute atomic E-state index is 12.4. The topological polar surface area (TPSA) is 55.4 Å². The molecule has 0 spiro atoms. The Hall–Kier alpha value is -2.31. The van der Waals surface area contributed by atoms with Crippen molar-refractivity contribution in [2.75, 3.05) is 5.32 Å². The summed E-state index contributed by atoms with van der Waals surface area (Å²) in [6.45, 7) is 4.78. The summed E-state index contributed by atoms with van der Waals surface area (Å²) >= 11 is 0. The maximum atomic E-state index is 12.4. The molecule has 0 saturated carbocycles. The molecule has 0 heterocycles. The summed E-state index contributed by atoms with van der Waals surface area (Å²) in [5.74, 6) is -1.29. The number of esters is 1. The van der Waals surface area contributed by atoms with Crippen molar-refractivity contribution in [3.63, 3.8) is 0 Å². The van der Waals surface area contributed by atoms with Gasteiger partial charge in [0, 0.05) is 11.8 Å². The predicted molar refractivity (Wildman–Crippen MR) is 75.1 cm³/mol. The van der Waals surface area contributed by atoms with Crippen LogP contribution in [-0.2, 0) is 20.5 Å². The van der Waals surface area contributed by atoms with E-state index in [2.05, 4.69) is 5.32 Å². The van der Waals surface area contributed by atoms with Gasteiger partial charge < -0.3 is 10.1 Å². The quantitative estimate of drug-likeness (QED) is 0.683. The number of alkyl halides is 3. The van der Waals surface area contributed by atoms with Crippen LogP contribution in [0, 0.1) is 0 Å². The van der Waals surface area contributed by atoms with Gasteiger partial charge in [-0.2, -0.15) is 13.2 Å². The average Bonchev–Trinajstić information content (AvgIpc) is 2.36. The maximum Gasteiger partial charge on any atom is 0.416 e. The van der Waals surface area contributed by atoms with E-state index >= 15 is 0 Å². The first kappa shape index (κ1) is 17.7. The van der Waals surface area contributed by atoms with Crippen molar-refractivity contribution < 1.29 is 27.5 Å². The van der Waals surface area contributed by atoms with Gasteiger partial charge in [-0.1, -0.05) is 5.57 Å². The van der Waals surface area contributed by atoms with E-state index < -0.39 is 29.7 Å². The van der Waals surface area contributed by atoms with Gasteiger partial charge in [-0.25, -0.2) is 4.79 Å². The molecule has 1 aromatic rings. The van der Waals surface area contributed by atoms with Gasteiger partial charge >= 0.3 is 12.1 Å².